The smallest absolute Gasteiger partial charge is 0.416 e. The van der Waals surface area contributed by atoms with Gasteiger partial charge in [-0.1, -0.05) is 18.2 Å². The van der Waals surface area contributed by atoms with Gasteiger partial charge in [0.1, 0.15) is 11.6 Å². The highest BCUT2D eigenvalue weighted by molar-refractivity contribution is 7.92. The Morgan fingerprint density at radius 3 is 2.44 bits per heavy atom. The molecule has 5 nitrogen and oxygen atoms in total. The third-order valence-electron chi connectivity index (χ3n) is 5.53. The van der Waals surface area contributed by atoms with Gasteiger partial charge >= 0.3 is 12.1 Å². The number of hydrogen-bond donors (Lipinski definition) is 1. The third kappa shape index (κ3) is 4.35. The molecule has 1 atom stereocenters. The Labute approximate surface area is 191 Å². The summed E-state index contributed by atoms with van der Waals surface area (Å²) in [6, 6.07) is 10.0. The number of anilines is 1. The summed E-state index contributed by atoms with van der Waals surface area (Å²) in [6.07, 6.45) is -5.21. The summed E-state index contributed by atoms with van der Waals surface area (Å²) in [5.41, 5.74) is -0.883. The Balaban J connectivity index is 1.85. The Bertz CT molecular complexity index is 1390. The molecular formula is C23H16F5NO4S. The lowest BCUT2D eigenvalue weighted by molar-refractivity contribution is -0.138. The van der Waals surface area contributed by atoms with Crippen molar-refractivity contribution in [2.75, 3.05) is 10.8 Å². The molecule has 0 spiro atoms. The van der Waals surface area contributed by atoms with Crippen LogP contribution in [0.25, 0.3) is 11.1 Å². The molecule has 0 saturated heterocycles. The fourth-order valence-corrected chi connectivity index (χ4v) is 5.54. The van der Waals surface area contributed by atoms with Crippen molar-refractivity contribution in [3.8, 4) is 11.1 Å². The molecule has 0 radical (unpaired) electrons. The fourth-order valence-electron chi connectivity index (χ4n) is 3.96. The first-order valence-electron chi connectivity index (χ1n) is 9.89. The molecule has 0 saturated carbocycles. The summed E-state index contributed by atoms with van der Waals surface area (Å²) >= 11 is 0. The quantitative estimate of drug-likeness (QED) is 0.478. The van der Waals surface area contributed by atoms with E-state index < -0.39 is 56.6 Å². The molecule has 34 heavy (non-hydrogen) atoms. The number of nitrogens with zero attached hydrogens (tertiary/aromatic N) is 1. The van der Waals surface area contributed by atoms with E-state index >= 15 is 0 Å². The van der Waals surface area contributed by atoms with E-state index in [1.54, 1.807) is 0 Å². The third-order valence-corrected chi connectivity index (χ3v) is 7.31. The summed E-state index contributed by atoms with van der Waals surface area (Å²) in [6.45, 7) is -0.338. The molecule has 0 fully saturated rings. The molecule has 0 amide bonds. The molecule has 1 unspecified atom stereocenters. The molecule has 0 bridgehead atoms. The van der Waals surface area contributed by atoms with E-state index in [1.165, 1.54) is 18.2 Å². The van der Waals surface area contributed by atoms with Crippen molar-refractivity contribution in [1.29, 1.82) is 0 Å². The average Bonchev–Trinajstić information content (AvgIpc) is 3.12. The van der Waals surface area contributed by atoms with Crippen LogP contribution in [0.3, 0.4) is 0 Å². The molecule has 178 valence electrons. The second-order valence-electron chi connectivity index (χ2n) is 7.75. The van der Waals surface area contributed by atoms with E-state index in [0.29, 0.717) is 11.6 Å². The van der Waals surface area contributed by atoms with Crippen LogP contribution in [0.5, 0.6) is 0 Å². The van der Waals surface area contributed by atoms with E-state index in [9.17, 15) is 40.3 Å². The summed E-state index contributed by atoms with van der Waals surface area (Å²) in [4.78, 5) is 10.7. The fraction of sp³-hybridized carbons (Fsp3) is 0.174. The Kier molecular flexibility index (Phi) is 5.84. The highest BCUT2D eigenvalue weighted by atomic mass is 32.2. The van der Waals surface area contributed by atoms with Gasteiger partial charge in [-0.05, 0) is 53.6 Å². The molecule has 0 aromatic heterocycles. The lowest BCUT2D eigenvalue weighted by atomic mass is 9.95. The van der Waals surface area contributed by atoms with Crippen molar-refractivity contribution in [2.45, 2.75) is 23.4 Å². The monoisotopic (exact) mass is 497 g/mol. The van der Waals surface area contributed by atoms with Crippen LogP contribution in [0, 0.1) is 11.6 Å². The molecule has 11 heteroatoms. The molecule has 1 aliphatic heterocycles. The number of alkyl halides is 3. The van der Waals surface area contributed by atoms with Gasteiger partial charge in [0.15, 0.2) is 0 Å². The lowest BCUT2D eigenvalue weighted by Crippen LogP contribution is -2.30. The number of carbonyl (C=O) groups is 1. The minimum atomic E-state index is -4.78. The van der Waals surface area contributed by atoms with E-state index in [4.69, 9.17) is 0 Å². The zero-order valence-electron chi connectivity index (χ0n) is 17.2. The number of sulfonamides is 1. The van der Waals surface area contributed by atoms with Crippen LogP contribution in [-0.4, -0.2) is 26.0 Å². The van der Waals surface area contributed by atoms with E-state index in [0.717, 1.165) is 40.7 Å². The highest BCUT2D eigenvalue weighted by Crippen LogP contribution is 2.44. The maximum absolute atomic E-state index is 14.3. The van der Waals surface area contributed by atoms with Gasteiger partial charge in [0, 0.05) is 18.0 Å². The molecule has 4 rings (SSSR count). The lowest BCUT2D eigenvalue weighted by Gasteiger charge is -2.21. The number of benzene rings is 3. The SMILES string of the molecule is O=C(O)CC1CN(S(=O)(=O)c2cccc(C(F)(F)F)c2)c2cc(-c3cc(F)ccc3F)ccc21. The summed E-state index contributed by atoms with van der Waals surface area (Å²) in [7, 11) is -4.55. The molecular weight excluding hydrogens is 481 g/mol. The minimum Gasteiger partial charge on any atom is -0.481 e. The number of halogens is 5. The van der Waals surface area contributed by atoms with Crippen molar-refractivity contribution in [1.82, 2.24) is 0 Å². The summed E-state index contributed by atoms with van der Waals surface area (Å²) in [5.74, 6) is -3.49. The van der Waals surface area contributed by atoms with E-state index in [-0.39, 0.29) is 23.4 Å². The largest absolute Gasteiger partial charge is 0.481 e. The van der Waals surface area contributed by atoms with Crippen LogP contribution in [0.4, 0.5) is 27.6 Å². The van der Waals surface area contributed by atoms with Crippen molar-refractivity contribution in [3.05, 3.63) is 83.4 Å². The second-order valence-corrected chi connectivity index (χ2v) is 9.62. The Hall–Kier alpha value is -3.47. The standard InChI is InChI=1S/C23H16F5NO4S/c24-16-5-7-20(25)19(11-16)13-4-6-18-14(9-22(30)31)12-29(21(18)8-13)34(32,33)17-3-1-2-15(10-17)23(26,27)28/h1-8,10-11,14H,9,12H2,(H,30,31). The molecule has 3 aromatic carbocycles. The molecule has 1 N–H and O–H groups in total. The van der Waals surface area contributed by atoms with Gasteiger partial charge in [0.25, 0.3) is 10.0 Å². The van der Waals surface area contributed by atoms with Gasteiger partial charge in [-0.3, -0.25) is 9.10 Å². The van der Waals surface area contributed by atoms with Crippen molar-refractivity contribution in [3.63, 3.8) is 0 Å². The van der Waals surface area contributed by atoms with Crippen molar-refractivity contribution >= 4 is 21.7 Å². The second kappa shape index (κ2) is 8.39. The first-order chi connectivity index (χ1) is 15.9. The number of fused-ring (bicyclic) bond motifs is 1. The number of carboxylic acid groups (broad SMARTS) is 1. The Morgan fingerprint density at radius 1 is 1.03 bits per heavy atom. The summed E-state index contributed by atoms with van der Waals surface area (Å²) in [5, 5.41) is 9.25. The average molecular weight is 497 g/mol. The number of carboxylic acids is 1. The van der Waals surface area contributed by atoms with Crippen LogP contribution in [0.2, 0.25) is 0 Å². The predicted octanol–water partition coefficient (Wildman–Crippen LogP) is 5.42. The van der Waals surface area contributed by atoms with Crippen LogP contribution in [-0.2, 0) is 21.0 Å². The predicted molar refractivity (Wildman–Crippen MR) is 113 cm³/mol. The molecule has 1 aliphatic rings. The van der Waals surface area contributed by atoms with E-state index in [2.05, 4.69) is 0 Å². The van der Waals surface area contributed by atoms with Gasteiger partial charge in [-0.2, -0.15) is 13.2 Å². The maximum atomic E-state index is 14.3. The zero-order chi connectivity index (χ0) is 24.8. The van der Waals surface area contributed by atoms with Gasteiger partial charge in [-0.15, -0.1) is 0 Å². The Morgan fingerprint density at radius 2 is 1.76 bits per heavy atom. The van der Waals surface area contributed by atoms with Gasteiger partial charge in [0.2, 0.25) is 0 Å². The normalized spacial score (nSPS) is 15.9. The summed E-state index contributed by atoms with van der Waals surface area (Å²) < 4.78 is 95.0. The van der Waals surface area contributed by atoms with Crippen LogP contribution < -0.4 is 4.31 Å². The van der Waals surface area contributed by atoms with Crippen molar-refractivity contribution in [2.24, 2.45) is 0 Å². The van der Waals surface area contributed by atoms with Crippen molar-refractivity contribution < 1.29 is 40.3 Å². The highest BCUT2D eigenvalue weighted by Gasteiger charge is 2.39. The van der Waals surface area contributed by atoms with Gasteiger partial charge < -0.3 is 5.11 Å². The number of rotatable bonds is 5. The van der Waals surface area contributed by atoms with Gasteiger partial charge in [0.05, 0.1) is 22.6 Å². The van der Waals surface area contributed by atoms with Crippen LogP contribution in [0.1, 0.15) is 23.5 Å². The first-order valence-corrected chi connectivity index (χ1v) is 11.3. The zero-order valence-corrected chi connectivity index (χ0v) is 18.0. The molecule has 1 heterocycles. The van der Waals surface area contributed by atoms with Crippen LogP contribution in [0.15, 0.2) is 65.6 Å². The molecule has 3 aromatic rings. The number of aliphatic carboxylic acids is 1. The molecule has 0 aliphatic carbocycles. The van der Waals surface area contributed by atoms with E-state index in [1.807, 2.05) is 0 Å². The topological polar surface area (TPSA) is 74.7 Å². The van der Waals surface area contributed by atoms with Crippen LogP contribution >= 0.6 is 0 Å². The maximum Gasteiger partial charge on any atom is 0.416 e. The first kappa shape index (κ1) is 23.7. The minimum absolute atomic E-state index is 0.00942. The number of hydrogen-bond acceptors (Lipinski definition) is 3. The van der Waals surface area contributed by atoms with Gasteiger partial charge in [-0.25, -0.2) is 17.2 Å².